The normalized spacial score (nSPS) is 19.4. The van der Waals surface area contributed by atoms with E-state index in [9.17, 15) is 14.7 Å². The molecule has 0 fully saturated rings. The third kappa shape index (κ3) is 3.19. The largest absolute Gasteiger partial charge is 0.467 e. The van der Waals surface area contributed by atoms with Gasteiger partial charge in [0.2, 0.25) is 11.2 Å². The lowest BCUT2D eigenvalue weighted by Crippen LogP contribution is -2.61. The SMILES string of the molecule is COC(=O)[C@@](OCc1ccccc1)(c1cccc(Cl)c1)[C@]1(O)C(=O)N(C)c2ccccc21. The van der Waals surface area contributed by atoms with Crippen LogP contribution in [0.25, 0.3) is 0 Å². The molecule has 1 aliphatic heterocycles. The van der Waals surface area contributed by atoms with Crippen molar-refractivity contribution >= 4 is 29.2 Å². The summed E-state index contributed by atoms with van der Waals surface area (Å²) in [5, 5.41) is 12.5. The van der Waals surface area contributed by atoms with Crippen LogP contribution in [-0.4, -0.2) is 31.1 Å². The number of methoxy groups -OCH3 is 1. The van der Waals surface area contributed by atoms with E-state index < -0.39 is 23.1 Å². The van der Waals surface area contributed by atoms with Gasteiger partial charge in [-0.3, -0.25) is 4.79 Å². The van der Waals surface area contributed by atoms with Crippen LogP contribution in [0.2, 0.25) is 5.02 Å². The molecule has 1 heterocycles. The number of ether oxygens (including phenoxy) is 2. The Kier molecular flexibility index (Phi) is 5.77. The molecular formula is C25H22ClNO5. The molecule has 0 unspecified atom stereocenters. The molecule has 0 saturated heterocycles. The lowest BCUT2D eigenvalue weighted by atomic mass is 9.73. The topological polar surface area (TPSA) is 76.1 Å². The summed E-state index contributed by atoms with van der Waals surface area (Å²) in [7, 11) is 2.72. The Bertz CT molecular complexity index is 1170. The number of esters is 1. The van der Waals surface area contributed by atoms with E-state index in [0.29, 0.717) is 10.7 Å². The first kappa shape index (κ1) is 22.0. The third-order valence-electron chi connectivity index (χ3n) is 5.78. The first-order valence-corrected chi connectivity index (χ1v) is 10.4. The van der Waals surface area contributed by atoms with Crippen molar-refractivity contribution in [2.24, 2.45) is 0 Å². The van der Waals surface area contributed by atoms with Crippen LogP contribution in [0, 0.1) is 0 Å². The Morgan fingerprint density at radius 2 is 1.75 bits per heavy atom. The number of rotatable bonds is 6. The van der Waals surface area contributed by atoms with Crippen molar-refractivity contribution in [1.82, 2.24) is 0 Å². The molecule has 0 bridgehead atoms. The smallest absolute Gasteiger partial charge is 0.346 e. The Labute approximate surface area is 191 Å². The number of carbonyl (C=O) groups is 2. The van der Waals surface area contributed by atoms with Gasteiger partial charge in [0, 0.05) is 23.2 Å². The number of likely N-dealkylation sites (N-methyl/N-ethyl adjacent to an activating group) is 1. The number of halogens is 1. The van der Waals surface area contributed by atoms with Crippen LogP contribution in [0.15, 0.2) is 78.9 Å². The molecule has 1 amide bonds. The monoisotopic (exact) mass is 451 g/mol. The summed E-state index contributed by atoms with van der Waals surface area (Å²) in [4.78, 5) is 28.4. The maximum atomic E-state index is 13.6. The van der Waals surface area contributed by atoms with Crippen molar-refractivity contribution in [1.29, 1.82) is 0 Å². The fourth-order valence-corrected chi connectivity index (χ4v) is 4.41. The Hall–Kier alpha value is -3.19. The minimum Gasteiger partial charge on any atom is -0.467 e. The van der Waals surface area contributed by atoms with Gasteiger partial charge in [0.15, 0.2) is 0 Å². The highest BCUT2D eigenvalue weighted by atomic mass is 35.5. The van der Waals surface area contributed by atoms with Gasteiger partial charge in [0.1, 0.15) is 0 Å². The summed E-state index contributed by atoms with van der Waals surface area (Å²) in [5.41, 5.74) is -2.96. The van der Waals surface area contributed by atoms with Crippen LogP contribution in [0.3, 0.4) is 0 Å². The number of hydrogen-bond donors (Lipinski definition) is 1. The summed E-state index contributed by atoms with van der Waals surface area (Å²) >= 11 is 6.25. The summed E-state index contributed by atoms with van der Waals surface area (Å²) in [6.07, 6.45) is 0. The summed E-state index contributed by atoms with van der Waals surface area (Å²) < 4.78 is 11.4. The molecule has 0 spiro atoms. The highest BCUT2D eigenvalue weighted by Crippen LogP contribution is 2.53. The Morgan fingerprint density at radius 1 is 1.06 bits per heavy atom. The minimum absolute atomic E-state index is 0.0656. The number of anilines is 1. The number of fused-ring (bicyclic) bond motifs is 1. The van der Waals surface area contributed by atoms with Crippen molar-refractivity contribution < 1.29 is 24.2 Å². The molecule has 0 radical (unpaired) electrons. The predicted molar refractivity (Wildman–Crippen MR) is 120 cm³/mol. The number of aliphatic hydroxyl groups is 1. The molecule has 6 nitrogen and oxygen atoms in total. The molecular weight excluding hydrogens is 430 g/mol. The predicted octanol–water partition coefficient (Wildman–Crippen LogP) is 3.79. The Balaban J connectivity index is 2.00. The number of para-hydroxylation sites is 1. The van der Waals surface area contributed by atoms with Crippen LogP contribution >= 0.6 is 11.6 Å². The number of nitrogens with zero attached hydrogens (tertiary/aromatic N) is 1. The number of hydrogen-bond acceptors (Lipinski definition) is 5. The van der Waals surface area contributed by atoms with Gasteiger partial charge in [0.05, 0.1) is 19.4 Å². The van der Waals surface area contributed by atoms with Gasteiger partial charge in [-0.25, -0.2) is 4.79 Å². The number of amides is 1. The zero-order valence-electron chi connectivity index (χ0n) is 17.6. The van der Waals surface area contributed by atoms with Crippen molar-refractivity contribution in [3.63, 3.8) is 0 Å². The Morgan fingerprint density at radius 3 is 2.44 bits per heavy atom. The molecule has 32 heavy (non-hydrogen) atoms. The molecule has 4 rings (SSSR count). The second-order valence-corrected chi connectivity index (χ2v) is 7.99. The molecule has 1 N–H and O–H groups in total. The standard InChI is InChI=1S/C25H22ClNO5/c1-27-21-14-7-6-13-20(21)24(30,22(27)28)25(23(29)31-2,18-11-8-12-19(26)15-18)32-16-17-9-4-3-5-10-17/h3-15,30H,16H2,1-2H3/t24-,25+/m1/s1. The average Bonchev–Trinajstić information content (AvgIpc) is 3.02. The van der Waals surface area contributed by atoms with E-state index in [1.54, 1.807) is 42.5 Å². The second-order valence-electron chi connectivity index (χ2n) is 7.55. The van der Waals surface area contributed by atoms with Gasteiger partial charge in [-0.1, -0.05) is 72.3 Å². The highest BCUT2D eigenvalue weighted by molar-refractivity contribution is 6.30. The lowest BCUT2D eigenvalue weighted by molar-refractivity contribution is -0.220. The van der Waals surface area contributed by atoms with Crippen LogP contribution in [0.1, 0.15) is 16.7 Å². The molecule has 3 aromatic carbocycles. The number of carbonyl (C=O) groups excluding carboxylic acids is 2. The summed E-state index contributed by atoms with van der Waals surface area (Å²) in [6.45, 7) is -0.0656. The van der Waals surface area contributed by atoms with Gasteiger partial charge < -0.3 is 19.5 Å². The maximum absolute atomic E-state index is 13.6. The molecule has 0 aliphatic carbocycles. The van der Waals surface area contributed by atoms with Gasteiger partial charge in [-0.05, 0) is 23.8 Å². The second kappa shape index (κ2) is 8.39. The van der Waals surface area contributed by atoms with Gasteiger partial charge in [-0.15, -0.1) is 0 Å². The van der Waals surface area contributed by atoms with Crippen LogP contribution in [0.5, 0.6) is 0 Å². The van der Waals surface area contributed by atoms with E-state index in [1.807, 2.05) is 30.3 Å². The fourth-order valence-electron chi connectivity index (χ4n) is 4.22. The van der Waals surface area contributed by atoms with E-state index >= 15 is 0 Å². The molecule has 164 valence electrons. The molecule has 0 aromatic heterocycles. The van der Waals surface area contributed by atoms with Gasteiger partial charge in [0.25, 0.3) is 5.91 Å². The lowest BCUT2D eigenvalue weighted by Gasteiger charge is -2.41. The van der Waals surface area contributed by atoms with Crippen LogP contribution in [-0.2, 0) is 36.9 Å². The van der Waals surface area contributed by atoms with E-state index in [2.05, 4.69) is 0 Å². The van der Waals surface area contributed by atoms with Gasteiger partial charge in [-0.2, -0.15) is 0 Å². The van der Waals surface area contributed by atoms with E-state index in [-0.39, 0.29) is 17.7 Å². The van der Waals surface area contributed by atoms with E-state index in [0.717, 1.165) is 5.56 Å². The van der Waals surface area contributed by atoms with E-state index in [1.165, 1.54) is 25.1 Å². The van der Waals surface area contributed by atoms with Crippen LogP contribution in [0.4, 0.5) is 5.69 Å². The quantitative estimate of drug-likeness (QED) is 0.577. The zero-order valence-corrected chi connectivity index (χ0v) is 18.4. The molecule has 2 atom stereocenters. The van der Waals surface area contributed by atoms with Crippen LogP contribution < -0.4 is 4.90 Å². The molecule has 0 saturated carbocycles. The average molecular weight is 452 g/mol. The molecule has 3 aromatic rings. The van der Waals surface area contributed by atoms with Crippen molar-refractivity contribution in [2.75, 3.05) is 19.1 Å². The van der Waals surface area contributed by atoms with Gasteiger partial charge >= 0.3 is 5.97 Å². The third-order valence-corrected chi connectivity index (χ3v) is 6.02. The van der Waals surface area contributed by atoms with Crippen molar-refractivity contribution in [3.8, 4) is 0 Å². The minimum atomic E-state index is -2.40. The fraction of sp³-hybridized carbons (Fsp3) is 0.200. The van der Waals surface area contributed by atoms with Crippen molar-refractivity contribution in [2.45, 2.75) is 17.8 Å². The zero-order chi connectivity index (χ0) is 22.9. The van der Waals surface area contributed by atoms with Crippen molar-refractivity contribution in [3.05, 3.63) is 101 Å². The first-order chi connectivity index (χ1) is 15.4. The maximum Gasteiger partial charge on any atom is 0.346 e. The number of benzene rings is 3. The molecule has 1 aliphatic rings. The molecule has 7 heteroatoms. The van der Waals surface area contributed by atoms with E-state index in [4.69, 9.17) is 21.1 Å². The highest BCUT2D eigenvalue weighted by Gasteiger charge is 2.69. The summed E-state index contributed by atoms with van der Waals surface area (Å²) in [5.74, 6) is -1.63. The summed E-state index contributed by atoms with van der Waals surface area (Å²) in [6, 6.07) is 22.2. The first-order valence-electron chi connectivity index (χ1n) is 9.98.